The summed E-state index contributed by atoms with van der Waals surface area (Å²) in [6.45, 7) is 3.33. The summed E-state index contributed by atoms with van der Waals surface area (Å²) in [6.07, 6.45) is 1.65. The van der Waals surface area contributed by atoms with Crippen LogP contribution >= 0.6 is 15.9 Å². The molecule has 0 fully saturated rings. The first-order chi connectivity index (χ1) is 2.77. The summed E-state index contributed by atoms with van der Waals surface area (Å²) >= 11 is 2.91. The highest BCUT2D eigenvalue weighted by Crippen LogP contribution is 2.00. The Hall–Kier alpha value is -0.110. The molecule has 0 atom stereocenters. The summed E-state index contributed by atoms with van der Waals surface area (Å²) in [6, 6.07) is 0. The second-order valence-corrected chi connectivity index (χ2v) is 1.76. The molecule has 0 aliphatic carbocycles. The van der Waals surface area contributed by atoms with Gasteiger partial charge >= 0.3 is 0 Å². The average Bonchev–Trinajstić information content (AvgIpc) is 1.35. The summed E-state index contributed by atoms with van der Waals surface area (Å²) in [5.74, 6) is 0. The van der Waals surface area contributed by atoms with E-state index in [1.165, 1.54) is 6.08 Å². The van der Waals surface area contributed by atoms with E-state index in [-0.39, 0.29) is 0 Å². The van der Waals surface area contributed by atoms with E-state index in [0.717, 1.165) is 0 Å². The van der Waals surface area contributed by atoms with Gasteiger partial charge in [-0.1, -0.05) is 22.5 Å². The second kappa shape index (κ2) is 3.09. The van der Waals surface area contributed by atoms with E-state index < -0.39 is 0 Å². The van der Waals surface area contributed by atoms with E-state index >= 15 is 0 Å². The Labute approximate surface area is 44.5 Å². The predicted octanol–water partition coefficient (Wildman–Crippen LogP) is 2.38. The number of halogens is 2. The van der Waals surface area contributed by atoms with Crippen molar-refractivity contribution < 1.29 is 4.39 Å². The number of rotatable bonds is 1. The van der Waals surface area contributed by atoms with Gasteiger partial charge in [-0.2, -0.15) is 0 Å². The Kier molecular flexibility index (Phi) is 3.04. The largest absolute Gasteiger partial charge is 0.216 e. The molecule has 0 aliphatic rings. The minimum Gasteiger partial charge on any atom is -0.216 e. The van der Waals surface area contributed by atoms with Crippen molar-refractivity contribution in [1.82, 2.24) is 0 Å². The van der Waals surface area contributed by atoms with Gasteiger partial charge in [0, 0.05) is 4.48 Å². The van der Waals surface area contributed by atoms with Crippen molar-refractivity contribution in [3.63, 3.8) is 0 Å². The van der Waals surface area contributed by atoms with E-state index in [0.29, 0.717) is 10.8 Å². The highest BCUT2D eigenvalue weighted by Gasteiger charge is 1.68. The van der Waals surface area contributed by atoms with Crippen molar-refractivity contribution in [2.24, 2.45) is 0 Å². The van der Waals surface area contributed by atoms with Crippen LogP contribution in [0, 0.1) is 0 Å². The SMILES string of the molecule is C=C(Br)C=CF. The van der Waals surface area contributed by atoms with Gasteiger partial charge in [-0.25, -0.2) is 4.39 Å². The molecule has 0 aliphatic heterocycles. The molecule has 6 heavy (non-hydrogen) atoms. The molecule has 0 saturated heterocycles. The van der Waals surface area contributed by atoms with Crippen LogP contribution in [0.5, 0.6) is 0 Å². The molecule has 0 spiro atoms. The highest BCUT2D eigenvalue weighted by atomic mass is 79.9. The van der Waals surface area contributed by atoms with Crippen molar-refractivity contribution >= 4 is 15.9 Å². The third-order valence-corrected chi connectivity index (χ3v) is 0.508. The first-order valence-electron chi connectivity index (χ1n) is 1.38. The third kappa shape index (κ3) is 3.89. The summed E-state index contributed by atoms with van der Waals surface area (Å²) in [5.41, 5.74) is 0. The van der Waals surface area contributed by atoms with Gasteiger partial charge in [-0.3, -0.25) is 0 Å². The van der Waals surface area contributed by atoms with E-state index in [1.54, 1.807) is 0 Å². The van der Waals surface area contributed by atoms with Gasteiger partial charge in [0.2, 0.25) is 0 Å². The lowest BCUT2D eigenvalue weighted by atomic mass is 10.6. The fourth-order valence-corrected chi connectivity index (χ4v) is 0.168. The van der Waals surface area contributed by atoms with Crippen LogP contribution in [0.3, 0.4) is 0 Å². The Balaban J connectivity index is 3.30. The molecule has 0 N–H and O–H groups in total. The van der Waals surface area contributed by atoms with Crippen molar-refractivity contribution in [2.75, 3.05) is 0 Å². The fraction of sp³-hybridized carbons (Fsp3) is 0. The number of hydrogen-bond donors (Lipinski definition) is 0. The minimum atomic E-state index is 0.428. The van der Waals surface area contributed by atoms with Crippen LogP contribution in [0.2, 0.25) is 0 Å². The van der Waals surface area contributed by atoms with E-state index in [4.69, 9.17) is 0 Å². The van der Waals surface area contributed by atoms with Crippen LogP contribution in [0.25, 0.3) is 0 Å². The molecule has 0 rings (SSSR count). The first-order valence-corrected chi connectivity index (χ1v) is 2.18. The number of hydrogen-bond acceptors (Lipinski definition) is 0. The van der Waals surface area contributed by atoms with Crippen molar-refractivity contribution in [1.29, 1.82) is 0 Å². The van der Waals surface area contributed by atoms with Crippen LogP contribution in [0.4, 0.5) is 4.39 Å². The van der Waals surface area contributed by atoms with Crippen LogP contribution in [-0.2, 0) is 0 Å². The molecule has 0 unspecified atom stereocenters. The quantitative estimate of drug-likeness (QED) is 0.504. The van der Waals surface area contributed by atoms with Gasteiger partial charge in [0.05, 0.1) is 6.33 Å². The summed E-state index contributed by atoms with van der Waals surface area (Å²) in [4.78, 5) is 0. The fourth-order valence-electron chi connectivity index (χ4n) is 0.0684. The summed E-state index contributed by atoms with van der Waals surface area (Å²) in [7, 11) is 0. The molecular formula is C4H4BrF. The monoisotopic (exact) mass is 150 g/mol. The molecule has 0 radical (unpaired) electrons. The lowest BCUT2D eigenvalue weighted by Gasteiger charge is -1.71. The molecule has 0 heterocycles. The van der Waals surface area contributed by atoms with E-state index in [2.05, 4.69) is 22.5 Å². The Morgan fingerprint density at radius 1 is 1.83 bits per heavy atom. The predicted molar refractivity (Wildman–Crippen MR) is 28.3 cm³/mol. The topological polar surface area (TPSA) is 0 Å². The minimum absolute atomic E-state index is 0.428. The summed E-state index contributed by atoms with van der Waals surface area (Å²) < 4.78 is 11.5. The summed E-state index contributed by atoms with van der Waals surface area (Å²) in [5, 5.41) is 0. The number of allylic oxidation sites excluding steroid dienone is 2. The van der Waals surface area contributed by atoms with Crippen molar-refractivity contribution in [3.05, 3.63) is 23.5 Å². The third-order valence-electron chi connectivity index (χ3n) is 0.244. The smallest absolute Gasteiger partial charge is 0.0877 e. The van der Waals surface area contributed by atoms with E-state index in [1.807, 2.05) is 0 Å². The Morgan fingerprint density at radius 3 is 2.33 bits per heavy atom. The Morgan fingerprint density at radius 2 is 2.33 bits per heavy atom. The maximum absolute atomic E-state index is 11.0. The van der Waals surface area contributed by atoms with Crippen LogP contribution in [0.15, 0.2) is 23.5 Å². The van der Waals surface area contributed by atoms with Gasteiger partial charge in [-0.05, 0) is 6.08 Å². The zero-order valence-electron chi connectivity index (χ0n) is 3.12. The van der Waals surface area contributed by atoms with Crippen molar-refractivity contribution in [2.45, 2.75) is 0 Å². The van der Waals surface area contributed by atoms with Crippen LogP contribution in [0.1, 0.15) is 0 Å². The molecule has 0 amide bonds. The van der Waals surface area contributed by atoms with Crippen LogP contribution < -0.4 is 0 Å². The molecule has 2 heteroatoms. The standard InChI is InChI=1S/C4H4BrF/c1-4(5)2-3-6/h2-3H,1H2. The van der Waals surface area contributed by atoms with Gasteiger partial charge in [0.25, 0.3) is 0 Å². The average molecular weight is 151 g/mol. The molecule has 0 nitrogen and oxygen atoms in total. The maximum Gasteiger partial charge on any atom is 0.0877 e. The second-order valence-electron chi connectivity index (χ2n) is 0.740. The normalized spacial score (nSPS) is 9.67. The molecule has 0 aromatic rings. The van der Waals surface area contributed by atoms with Gasteiger partial charge in [0.15, 0.2) is 0 Å². The van der Waals surface area contributed by atoms with Gasteiger partial charge in [0.1, 0.15) is 0 Å². The highest BCUT2D eigenvalue weighted by molar-refractivity contribution is 9.11. The molecule has 0 aromatic carbocycles. The maximum atomic E-state index is 11.0. The van der Waals surface area contributed by atoms with Crippen molar-refractivity contribution in [3.8, 4) is 0 Å². The molecule has 0 saturated carbocycles. The van der Waals surface area contributed by atoms with E-state index in [9.17, 15) is 4.39 Å². The molecule has 34 valence electrons. The molecule has 0 bridgehead atoms. The molecule has 0 aromatic heterocycles. The lowest BCUT2D eigenvalue weighted by Crippen LogP contribution is -1.46. The van der Waals surface area contributed by atoms with Gasteiger partial charge < -0.3 is 0 Å². The molecular weight excluding hydrogens is 147 g/mol. The van der Waals surface area contributed by atoms with Gasteiger partial charge in [-0.15, -0.1) is 0 Å². The Bertz CT molecular complexity index is 75.6. The zero-order chi connectivity index (χ0) is 4.99. The lowest BCUT2D eigenvalue weighted by molar-refractivity contribution is 0.721. The van der Waals surface area contributed by atoms with Crippen LogP contribution in [-0.4, -0.2) is 0 Å². The first kappa shape index (κ1) is 5.89. The zero-order valence-corrected chi connectivity index (χ0v) is 4.70.